The Morgan fingerprint density at radius 2 is 1.92 bits per heavy atom. The van der Waals surface area contributed by atoms with Crippen molar-refractivity contribution in [2.24, 2.45) is 0 Å². The lowest BCUT2D eigenvalue weighted by molar-refractivity contribution is -0.125. The number of likely N-dealkylation sites (tertiary alicyclic amines) is 1. The Hall–Kier alpha value is -1.43. The highest BCUT2D eigenvalue weighted by molar-refractivity contribution is 5.77. The molecule has 1 fully saturated rings. The number of nitrogens with one attached hydrogen (secondary N) is 1. The van der Waals surface area contributed by atoms with E-state index in [0.717, 1.165) is 25.2 Å². The van der Waals surface area contributed by atoms with Crippen LogP contribution in [-0.4, -0.2) is 67.1 Å². The number of aliphatic hydroxyl groups is 1. The Kier molecular flexibility index (Phi) is 6.78. The zero-order valence-corrected chi connectivity index (χ0v) is 15.2. The minimum Gasteiger partial charge on any atom is -0.385 e. The number of amides is 1. The van der Waals surface area contributed by atoms with Gasteiger partial charge in [0.15, 0.2) is 0 Å². The van der Waals surface area contributed by atoms with Gasteiger partial charge in [0.1, 0.15) is 0 Å². The first-order valence-electron chi connectivity index (χ1n) is 8.82. The van der Waals surface area contributed by atoms with E-state index in [4.69, 9.17) is 0 Å². The van der Waals surface area contributed by atoms with Gasteiger partial charge in [-0.15, -0.1) is 0 Å². The van der Waals surface area contributed by atoms with Crippen LogP contribution in [0.2, 0.25) is 0 Å². The van der Waals surface area contributed by atoms with Crippen LogP contribution in [0.1, 0.15) is 31.7 Å². The molecule has 1 atom stereocenters. The third kappa shape index (κ3) is 5.58. The molecule has 1 aliphatic heterocycles. The SMILES string of the molecule is CN(C)C1CCN(CCNC(=O)CC(C)(O)c2ccccc2)CC1. The average Bonchev–Trinajstić information content (AvgIpc) is 2.55. The standard InChI is InChI=1S/C19H31N3O2/c1-19(24,16-7-5-4-6-8-16)15-18(23)20-11-14-22-12-9-17(10-13-22)21(2)3/h4-8,17,24H,9-15H2,1-3H3,(H,20,23). The Morgan fingerprint density at radius 3 is 2.50 bits per heavy atom. The molecule has 2 N–H and O–H groups in total. The predicted octanol–water partition coefficient (Wildman–Crippen LogP) is 1.43. The highest BCUT2D eigenvalue weighted by Crippen LogP contribution is 2.23. The summed E-state index contributed by atoms with van der Waals surface area (Å²) in [5.74, 6) is -0.105. The number of benzene rings is 1. The molecule has 1 heterocycles. The fourth-order valence-electron chi connectivity index (χ4n) is 3.29. The molecule has 1 aromatic carbocycles. The molecule has 0 aliphatic carbocycles. The smallest absolute Gasteiger partial charge is 0.223 e. The molecule has 1 aliphatic rings. The van der Waals surface area contributed by atoms with E-state index in [1.54, 1.807) is 6.92 Å². The van der Waals surface area contributed by atoms with Crippen LogP contribution < -0.4 is 5.32 Å². The Balaban J connectivity index is 1.69. The summed E-state index contributed by atoms with van der Waals surface area (Å²) < 4.78 is 0. The molecule has 1 amide bonds. The lowest BCUT2D eigenvalue weighted by Crippen LogP contribution is -2.44. The molecule has 1 unspecified atom stereocenters. The summed E-state index contributed by atoms with van der Waals surface area (Å²) in [5.41, 5.74) is -0.360. The molecule has 0 saturated carbocycles. The Bertz CT molecular complexity index is 509. The number of rotatable bonds is 7. The first-order chi connectivity index (χ1) is 11.4. The maximum Gasteiger partial charge on any atom is 0.223 e. The van der Waals surface area contributed by atoms with E-state index in [-0.39, 0.29) is 12.3 Å². The molecule has 134 valence electrons. The van der Waals surface area contributed by atoms with Crippen molar-refractivity contribution in [2.75, 3.05) is 40.3 Å². The fourth-order valence-corrected chi connectivity index (χ4v) is 3.29. The number of piperidine rings is 1. The number of carbonyl (C=O) groups is 1. The second-order valence-electron chi connectivity index (χ2n) is 7.20. The van der Waals surface area contributed by atoms with Crippen LogP contribution >= 0.6 is 0 Å². The van der Waals surface area contributed by atoms with Crippen molar-refractivity contribution in [3.8, 4) is 0 Å². The largest absolute Gasteiger partial charge is 0.385 e. The maximum absolute atomic E-state index is 12.1. The molecule has 1 aromatic rings. The fraction of sp³-hybridized carbons (Fsp3) is 0.632. The highest BCUT2D eigenvalue weighted by atomic mass is 16.3. The van der Waals surface area contributed by atoms with Crippen molar-refractivity contribution in [2.45, 2.75) is 37.8 Å². The van der Waals surface area contributed by atoms with E-state index in [0.29, 0.717) is 12.6 Å². The molecule has 0 aromatic heterocycles. The average molecular weight is 333 g/mol. The topological polar surface area (TPSA) is 55.8 Å². The van der Waals surface area contributed by atoms with Crippen LogP contribution in [-0.2, 0) is 10.4 Å². The lowest BCUT2D eigenvalue weighted by atomic mass is 9.92. The van der Waals surface area contributed by atoms with Gasteiger partial charge < -0.3 is 20.2 Å². The van der Waals surface area contributed by atoms with Crippen LogP contribution in [0, 0.1) is 0 Å². The molecule has 24 heavy (non-hydrogen) atoms. The van der Waals surface area contributed by atoms with Crippen molar-refractivity contribution >= 4 is 5.91 Å². The van der Waals surface area contributed by atoms with Gasteiger partial charge in [-0.2, -0.15) is 0 Å². The number of hydrogen-bond acceptors (Lipinski definition) is 4. The van der Waals surface area contributed by atoms with Crippen LogP contribution in [0.25, 0.3) is 0 Å². The zero-order valence-electron chi connectivity index (χ0n) is 15.2. The van der Waals surface area contributed by atoms with Crippen LogP contribution in [0.5, 0.6) is 0 Å². The molecule has 5 heteroatoms. The van der Waals surface area contributed by atoms with Crippen molar-refractivity contribution in [3.05, 3.63) is 35.9 Å². The molecule has 0 spiro atoms. The molecule has 5 nitrogen and oxygen atoms in total. The lowest BCUT2D eigenvalue weighted by Gasteiger charge is -2.35. The van der Waals surface area contributed by atoms with Gasteiger partial charge in [-0.25, -0.2) is 0 Å². The van der Waals surface area contributed by atoms with Crippen molar-refractivity contribution < 1.29 is 9.90 Å². The van der Waals surface area contributed by atoms with Gasteiger partial charge >= 0.3 is 0 Å². The van der Waals surface area contributed by atoms with Gasteiger partial charge in [0.2, 0.25) is 5.91 Å². The van der Waals surface area contributed by atoms with Crippen LogP contribution in [0.4, 0.5) is 0 Å². The van der Waals surface area contributed by atoms with Gasteiger partial charge in [0.05, 0.1) is 12.0 Å². The highest BCUT2D eigenvalue weighted by Gasteiger charge is 2.26. The summed E-state index contributed by atoms with van der Waals surface area (Å²) >= 11 is 0. The second-order valence-corrected chi connectivity index (χ2v) is 7.20. The monoisotopic (exact) mass is 333 g/mol. The van der Waals surface area contributed by atoms with Crippen LogP contribution in [0.15, 0.2) is 30.3 Å². The van der Waals surface area contributed by atoms with Gasteiger partial charge in [-0.3, -0.25) is 4.79 Å². The Labute approximate surface area is 145 Å². The van der Waals surface area contributed by atoms with E-state index in [2.05, 4.69) is 29.2 Å². The molecular weight excluding hydrogens is 302 g/mol. The minimum atomic E-state index is -1.13. The molecule has 2 rings (SSSR count). The van der Waals surface area contributed by atoms with E-state index in [1.165, 1.54) is 12.8 Å². The predicted molar refractivity (Wildman–Crippen MR) is 96.8 cm³/mol. The van der Waals surface area contributed by atoms with Crippen molar-refractivity contribution in [1.82, 2.24) is 15.1 Å². The Morgan fingerprint density at radius 1 is 1.29 bits per heavy atom. The quantitative estimate of drug-likeness (QED) is 0.792. The third-order valence-corrected chi connectivity index (χ3v) is 4.94. The number of hydrogen-bond donors (Lipinski definition) is 2. The van der Waals surface area contributed by atoms with E-state index >= 15 is 0 Å². The summed E-state index contributed by atoms with van der Waals surface area (Å²) in [6.07, 6.45) is 2.45. The van der Waals surface area contributed by atoms with E-state index in [1.807, 2.05) is 30.3 Å². The van der Waals surface area contributed by atoms with Crippen LogP contribution in [0.3, 0.4) is 0 Å². The first-order valence-corrected chi connectivity index (χ1v) is 8.82. The zero-order chi connectivity index (χ0) is 17.6. The number of nitrogens with zero attached hydrogens (tertiary/aromatic N) is 2. The van der Waals surface area contributed by atoms with E-state index in [9.17, 15) is 9.90 Å². The molecule has 0 radical (unpaired) electrons. The third-order valence-electron chi connectivity index (χ3n) is 4.94. The maximum atomic E-state index is 12.1. The van der Waals surface area contributed by atoms with Crippen molar-refractivity contribution in [1.29, 1.82) is 0 Å². The molecule has 1 saturated heterocycles. The van der Waals surface area contributed by atoms with Gasteiger partial charge in [0.25, 0.3) is 0 Å². The normalized spacial score (nSPS) is 19.2. The molecule has 0 bridgehead atoms. The summed E-state index contributed by atoms with van der Waals surface area (Å²) in [6, 6.07) is 10.0. The van der Waals surface area contributed by atoms with Gasteiger partial charge in [0, 0.05) is 19.1 Å². The summed E-state index contributed by atoms with van der Waals surface area (Å²) in [7, 11) is 4.28. The van der Waals surface area contributed by atoms with E-state index < -0.39 is 5.60 Å². The second kappa shape index (κ2) is 8.60. The molecular formula is C19H31N3O2. The van der Waals surface area contributed by atoms with Gasteiger partial charge in [-0.05, 0) is 52.5 Å². The summed E-state index contributed by atoms with van der Waals surface area (Å²) in [6.45, 7) is 5.37. The van der Waals surface area contributed by atoms with Crippen molar-refractivity contribution in [3.63, 3.8) is 0 Å². The minimum absolute atomic E-state index is 0.0831. The summed E-state index contributed by atoms with van der Waals surface area (Å²) in [4.78, 5) is 16.8. The summed E-state index contributed by atoms with van der Waals surface area (Å²) in [5, 5.41) is 13.4. The number of carbonyl (C=O) groups excluding carboxylic acids is 1. The van der Waals surface area contributed by atoms with Gasteiger partial charge in [-0.1, -0.05) is 30.3 Å². The first kappa shape index (κ1) is 18.9.